The van der Waals surface area contributed by atoms with Crippen LogP contribution < -0.4 is 5.73 Å². The van der Waals surface area contributed by atoms with Crippen LogP contribution in [0.2, 0.25) is 0 Å². The Bertz CT molecular complexity index is 525. The Balaban J connectivity index is 2.19. The summed E-state index contributed by atoms with van der Waals surface area (Å²) >= 11 is 0. The molecule has 2 atom stereocenters. The van der Waals surface area contributed by atoms with Gasteiger partial charge >= 0.3 is 5.97 Å². The van der Waals surface area contributed by atoms with E-state index >= 15 is 0 Å². The van der Waals surface area contributed by atoms with Gasteiger partial charge < -0.3 is 10.8 Å². The third kappa shape index (κ3) is 3.42. The first kappa shape index (κ1) is 13.3. The van der Waals surface area contributed by atoms with Crippen molar-refractivity contribution >= 4 is 5.97 Å². The van der Waals surface area contributed by atoms with E-state index in [9.17, 15) is 9.90 Å². The minimum absolute atomic E-state index is 0.437. The van der Waals surface area contributed by atoms with E-state index in [-0.39, 0.29) is 0 Å². The molecule has 0 aliphatic heterocycles. The van der Waals surface area contributed by atoms with Crippen LogP contribution in [0, 0.1) is 5.92 Å². The summed E-state index contributed by atoms with van der Waals surface area (Å²) in [7, 11) is 0. The highest BCUT2D eigenvalue weighted by molar-refractivity contribution is 5.71. The Morgan fingerprint density at radius 3 is 2.05 bits per heavy atom. The first-order chi connectivity index (χ1) is 9.18. The van der Waals surface area contributed by atoms with Crippen LogP contribution in [0.15, 0.2) is 60.7 Å². The summed E-state index contributed by atoms with van der Waals surface area (Å²) in [6.45, 7) is 0. The van der Waals surface area contributed by atoms with Gasteiger partial charge in [-0.1, -0.05) is 60.7 Å². The van der Waals surface area contributed by atoms with Gasteiger partial charge in [0.05, 0.1) is 5.92 Å². The summed E-state index contributed by atoms with van der Waals surface area (Å²) in [6, 6.07) is 18.4. The van der Waals surface area contributed by atoms with Crippen molar-refractivity contribution in [3.8, 4) is 0 Å². The van der Waals surface area contributed by atoms with E-state index in [4.69, 9.17) is 5.73 Å². The number of carboxylic acid groups (broad SMARTS) is 1. The van der Waals surface area contributed by atoms with Crippen LogP contribution in [0.1, 0.15) is 17.2 Å². The average Bonchev–Trinajstić information content (AvgIpc) is 2.46. The van der Waals surface area contributed by atoms with Gasteiger partial charge in [-0.25, -0.2) is 0 Å². The first-order valence-electron chi connectivity index (χ1n) is 6.25. The molecule has 0 saturated heterocycles. The second-order valence-corrected chi connectivity index (χ2v) is 4.57. The molecule has 2 aromatic carbocycles. The maximum atomic E-state index is 11.4. The Morgan fingerprint density at radius 1 is 1.00 bits per heavy atom. The van der Waals surface area contributed by atoms with E-state index in [0.717, 1.165) is 11.1 Å². The molecular weight excluding hydrogens is 238 g/mol. The summed E-state index contributed by atoms with van der Waals surface area (Å²) in [6.07, 6.45) is 0.437. The van der Waals surface area contributed by atoms with Gasteiger partial charge in [0, 0.05) is 6.04 Å². The van der Waals surface area contributed by atoms with Gasteiger partial charge in [-0.3, -0.25) is 4.79 Å². The number of carbonyl (C=O) groups is 1. The summed E-state index contributed by atoms with van der Waals surface area (Å²) in [4.78, 5) is 11.4. The van der Waals surface area contributed by atoms with Crippen LogP contribution in [-0.2, 0) is 11.2 Å². The molecule has 0 amide bonds. The molecule has 98 valence electrons. The highest BCUT2D eigenvalue weighted by Gasteiger charge is 2.26. The van der Waals surface area contributed by atoms with Crippen molar-refractivity contribution in [2.75, 3.05) is 0 Å². The molecule has 3 N–H and O–H groups in total. The maximum absolute atomic E-state index is 11.4. The second-order valence-electron chi connectivity index (χ2n) is 4.57. The lowest BCUT2D eigenvalue weighted by Crippen LogP contribution is -2.30. The van der Waals surface area contributed by atoms with E-state index in [2.05, 4.69) is 0 Å². The van der Waals surface area contributed by atoms with Crippen molar-refractivity contribution in [3.63, 3.8) is 0 Å². The Morgan fingerprint density at radius 2 is 1.53 bits per heavy atom. The summed E-state index contributed by atoms with van der Waals surface area (Å²) in [5.74, 6) is -1.48. The van der Waals surface area contributed by atoms with Gasteiger partial charge in [0.1, 0.15) is 0 Å². The molecule has 3 heteroatoms. The highest BCUT2D eigenvalue weighted by atomic mass is 16.4. The van der Waals surface area contributed by atoms with Gasteiger partial charge in [0.2, 0.25) is 0 Å². The summed E-state index contributed by atoms with van der Waals surface area (Å²) in [5.41, 5.74) is 7.95. The third-order valence-corrected chi connectivity index (χ3v) is 3.23. The van der Waals surface area contributed by atoms with E-state index in [1.807, 2.05) is 60.7 Å². The van der Waals surface area contributed by atoms with Gasteiger partial charge in [-0.05, 0) is 17.5 Å². The Hall–Kier alpha value is -2.13. The van der Waals surface area contributed by atoms with Crippen molar-refractivity contribution in [3.05, 3.63) is 71.8 Å². The van der Waals surface area contributed by atoms with Crippen LogP contribution >= 0.6 is 0 Å². The van der Waals surface area contributed by atoms with Gasteiger partial charge in [-0.2, -0.15) is 0 Å². The molecule has 19 heavy (non-hydrogen) atoms. The molecule has 0 radical (unpaired) electrons. The quantitative estimate of drug-likeness (QED) is 0.863. The summed E-state index contributed by atoms with van der Waals surface area (Å²) in [5, 5.41) is 9.39. The lowest BCUT2D eigenvalue weighted by Gasteiger charge is -2.20. The average molecular weight is 255 g/mol. The Kier molecular flexibility index (Phi) is 4.31. The molecule has 2 rings (SSSR count). The van der Waals surface area contributed by atoms with Gasteiger partial charge in [0.25, 0.3) is 0 Å². The largest absolute Gasteiger partial charge is 0.481 e. The standard InChI is InChI=1S/C16H17NO2/c17-15(13-9-5-2-6-10-13)14(16(18)19)11-12-7-3-1-4-8-12/h1-10,14-15H,11,17H2,(H,18,19). The number of rotatable bonds is 5. The molecule has 0 heterocycles. The zero-order chi connectivity index (χ0) is 13.7. The molecule has 0 aromatic heterocycles. The topological polar surface area (TPSA) is 63.3 Å². The fourth-order valence-electron chi connectivity index (χ4n) is 2.14. The number of aliphatic carboxylic acids is 1. The summed E-state index contributed by atoms with van der Waals surface area (Å²) < 4.78 is 0. The van der Waals surface area contributed by atoms with Crippen molar-refractivity contribution in [1.82, 2.24) is 0 Å². The smallest absolute Gasteiger partial charge is 0.308 e. The van der Waals surface area contributed by atoms with Crippen molar-refractivity contribution in [2.45, 2.75) is 12.5 Å². The highest BCUT2D eigenvalue weighted by Crippen LogP contribution is 2.23. The van der Waals surface area contributed by atoms with Crippen LogP contribution in [-0.4, -0.2) is 11.1 Å². The predicted molar refractivity (Wildman–Crippen MR) is 74.6 cm³/mol. The van der Waals surface area contributed by atoms with Gasteiger partial charge in [0.15, 0.2) is 0 Å². The molecule has 2 aromatic rings. The van der Waals surface area contributed by atoms with Crippen LogP contribution in [0.25, 0.3) is 0 Å². The van der Waals surface area contributed by atoms with Crippen molar-refractivity contribution in [2.24, 2.45) is 11.7 Å². The lowest BCUT2D eigenvalue weighted by atomic mass is 9.88. The van der Waals surface area contributed by atoms with E-state index in [1.165, 1.54) is 0 Å². The molecular formula is C16H17NO2. The normalized spacial score (nSPS) is 13.7. The fourth-order valence-corrected chi connectivity index (χ4v) is 2.14. The number of carboxylic acids is 1. The molecule has 0 saturated carbocycles. The van der Waals surface area contributed by atoms with Crippen molar-refractivity contribution < 1.29 is 9.90 Å². The molecule has 0 spiro atoms. The monoisotopic (exact) mass is 255 g/mol. The second kappa shape index (κ2) is 6.16. The van der Waals surface area contributed by atoms with E-state index < -0.39 is 17.9 Å². The first-order valence-corrected chi connectivity index (χ1v) is 6.25. The third-order valence-electron chi connectivity index (χ3n) is 3.23. The zero-order valence-electron chi connectivity index (χ0n) is 10.6. The molecule has 2 unspecified atom stereocenters. The molecule has 0 aliphatic carbocycles. The van der Waals surface area contributed by atoms with Crippen LogP contribution in [0.3, 0.4) is 0 Å². The van der Waals surface area contributed by atoms with Crippen LogP contribution in [0.4, 0.5) is 0 Å². The number of nitrogens with two attached hydrogens (primary N) is 1. The fraction of sp³-hybridized carbons (Fsp3) is 0.188. The number of hydrogen-bond acceptors (Lipinski definition) is 2. The molecule has 0 fully saturated rings. The van der Waals surface area contributed by atoms with Crippen LogP contribution in [0.5, 0.6) is 0 Å². The lowest BCUT2D eigenvalue weighted by molar-refractivity contribution is -0.142. The number of hydrogen-bond donors (Lipinski definition) is 2. The van der Waals surface area contributed by atoms with E-state index in [1.54, 1.807) is 0 Å². The molecule has 0 aliphatic rings. The maximum Gasteiger partial charge on any atom is 0.308 e. The van der Waals surface area contributed by atoms with E-state index in [0.29, 0.717) is 6.42 Å². The minimum Gasteiger partial charge on any atom is -0.481 e. The molecule has 0 bridgehead atoms. The van der Waals surface area contributed by atoms with Crippen molar-refractivity contribution in [1.29, 1.82) is 0 Å². The zero-order valence-corrected chi connectivity index (χ0v) is 10.6. The Labute approximate surface area is 112 Å². The number of benzene rings is 2. The predicted octanol–water partition coefficient (Wildman–Crippen LogP) is 2.63. The SMILES string of the molecule is NC(c1ccccc1)C(Cc1ccccc1)C(=O)O. The van der Waals surface area contributed by atoms with Gasteiger partial charge in [-0.15, -0.1) is 0 Å². The molecule has 3 nitrogen and oxygen atoms in total. The minimum atomic E-state index is -0.861.